The number of rotatable bonds is 7. The lowest BCUT2D eigenvalue weighted by Gasteiger charge is -2.36. The van der Waals surface area contributed by atoms with Crippen LogP contribution in [0.2, 0.25) is 0 Å². The van der Waals surface area contributed by atoms with Crippen LogP contribution >= 0.6 is 0 Å². The van der Waals surface area contributed by atoms with E-state index in [0.29, 0.717) is 12.0 Å². The van der Waals surface area contributed by atoms with E-state index in [1.165, 1.54) is 11.1 Å². The molecule has 0 radical (unpaired) electrons. The predicted molar refractivity (Wildman–Crippen MR) is 93.7 cm³/mol. The van der Waals surface area contributed by atoms with Gasteiger partial charge >= 0.3 is 0 Å². The van der Waals surface area contributed by atoms with Crippen LogP contribution in [0.4, 0.5) is 0 Å². The molecule has 3 nitrogen and oxygen atoms in total. The molecule has 1 N–H and O–H groups in total. The quantitative estimate of drug-likeness (QED) is 0.777. The Morgan fingerprint density at radius 3 is 2.64 bits per heavy atom. The van der Waals surface area contributed by atoms with Crippen molar-refractivity contribution in [2.75, 3.05) is 33.3 Å². The molecule has 1 fully saturated rings. The van der Waals surface area contributed by atoms with Crippen molar-refractivity contribution in [1.29, 1.82) is 0 Å². The molecule has 0 bridgehead atoms. The summed E-state index contributed by atoms with van der Waals surface area (Å²) in [5, 5.41) is 3.44. The Labute approximate surface area is 135 Å². The lowest BCUT2D eigenvalue weighted by molar-refractivity contribution is 0.163. The number of piperazine rings is 1. The number of benzene rings is 1. The molecule has 0 saturated carbocycles. The second-order valence-corrected chi connectivity index (χ2v) is 6.32. The highest BCUT2D eigenvalue weighted by Gasteiger charge is 2.24. The molecule has 1 saturated heterocycles. The summed E-state index contributed by atoms with van der Waals surface area (Å²) in [5.74, 6) is 1.55. The molecule has 0 unspecified atom stereocenters. The van der Waals surface area contributed by atoms with Crippen LogP contribution in [-0.4, -0.2) is 38.2 Å². The highest BCUT2D eigenvalue weighted by Crippen LogP contribution is 2.35. The van der Waals surface area contributed by atoms with Crippen LogP contribution < -0.4 is 10.1 Å². The predicted octanol–water partition coefficient (Wildman–Crippen LogP) is 3.73. The van der Waals surface area contributed by atoms with Crippen molar-refractivity contribution in [2.24, 2.45) is 0 Å². The fraction of sp³-hybridized carbons (Fsp3) is 0.579. The fourth-order valence-corrected chi connectivity index (χ4v) is 3.18. The van der Waals surface area contributed by atoms with Gasteiger partial charge in [0.25, 0.3) is 0 Å². The summed E-state index contributed by atoms with van der Waals surface area (Å²) in [6.45, 7) is 12.7. The number of allylic oxidation sites excluding steroid dienone is 1. The van der Waals surface area contributed by atoms with Crippen molar-refractivity contribution in [3.05, 3.63) is 42.0 Å². The van der Waals surface area contributed by atoms with E-state index in [1.807, 2.05) is 6.08 Å². The van der Waals surface area contributed by atoms with E-state index in [0.717, 1.165) is 44.8 Å². The maximum atomic E-state index is 5.66. The van der Waals surface area contributed by atoms with Gasteiger partial charge in [0, 0.05) is 37.8 Å². The second kappa shape index (κ2) is 8.35. The molecule has 1 aromatic carbocycles. The Morgan fingerprint density at radius 2 is 2.05 bits per heavy atom. The molecule has 2 rings (SSSR count). The number of hydrogen-bond acceptors (Lipinski definition) is 3. The van der Waals surface area contributed by atoms with Crippen molar-refractivity contribution >= 4 is 0 Å². The summed E-state index contributed by atoms with van der Waals surface area (Å²) in [6.07, 6.45) is 4.15. The highest BCUT2D eigenvalue weighted by atomic mass is 16.5. The lowest BCUT2D eigenvalue weighted by Crippen LogP contribution is -2.45. The Bertz CT molecular complexity index is 478. The molecule has 3 heteroatoms. The molecule has 0 amide bonds. The Kier molecular flexibility index (Phi) is 6.47. The van der Waals surface area contributed by atoms with Crippen molar-refractivity contribution in [3.8, 4) is 5.75 Å². The van der Waals surface area contributed by atoms with Gasteiger partial charge in [-0.3, -0.25) is 4.90 Å². The molecule has 1 aromatic rings. The van der Waals surface area contributed by atoms with Gasteiger partial charge in [-0.2, -0.15) is 0 Å². The van der Waals surface area contributed by atoms with Gasteiger partial charge in [-0.25, -0.2) is 0 Å². The van der Waals surface area contributed by atoms with Gasteiger partial charge in [0.15, 0.2) is 0 Å². The zero-order valence-corrected chi connectivity index (χ0v) is 14.3. The van der Waals surface area contributed by atoms with E-state index in [-0.39, 0.29) is 0 Å². The first kappa shape index (κ1) is 17.0. The van der Waals surface area contributed by atoms with E-state index in [2.05, 4.69) is 48.8 Å². The monoisotopic (exact) mass is 302 g/mol. The van der Waals surface area contributed by atoms with Crippen LogP contribution in [0.15, 0.2) is 30.9 Å². The largest absolute Gasteiger partial charge is 0.496 e. The number of methoxy groups -OCH3 is 1. The molecule has 1 heterocycles. The molecule has 122 valence electrons. The first-order valence-electron chi connectivity index (χ1n) is 8.40. The van der Waals surface area contributed by atoms with Gasteiger partial charge < -0.3 is 10.1 Å². The first-order chi connectivity index (χ1) is 10.7. The summed E-state index contributed by atoms with van der Waals surface area (Å²) in [5.41, 5.74) is 2.71. The van der Waals surface area contributed by atoms with Gasteiger partial charge in [-0.05, 0) is 30.4 Å². The average molecular weight is 302 g/mol. The maximum Gasteiger partial charge on any atom is 0.123 e. The molecule has 0 spiro atoms. The average Bonchev–Trinajstić information content (AvgIpc) is 2.56. The Balaban J connectivity index is 2.34. The van der Waals surface area contributed by atoms with Crippen LogP contribution in [0.1, 0.15) is 49.8 Å². The van der Waals surface area contributed by atoms with E-state index in [9.17, 15) is 0 Å². The fourth-order valence-electron chi connectivity index (χ4n) is 3.18. The van der Waals surface area contributed by atoms with Crippen LogP contribution in [0, 0.1) is 0 Å². The summed E-state index contributed by atoms with van der Waals surface area (Å²) >= 11 is 0. The third-order valence-electron chi connectivity index (χ3n) is 4.52. The van der Waals surface area contributed by atoms with E-state index >= 15 is 0 Å². The molecular formula is C19H30N2O. The van der Waals surface area contributed by atoms with Crippen molar-refractivity contribution in [1.82, 2.24) is 10.2 Å². The molecule has 22 heavy (non-hydrogen) atoms. The number of nitrogens with zero attached hydrogens (tertiary/aromatic N) is 1. The molecule has 0 aromatic heterocycles. The topological polar surface area (TPSA) is 24.5 Å². The number of ether oxygens (including phenoxy) is 1. The normalized spacial score (nSPS) is 17.5. The molecule has 1 aliphatic rings. The zero-order chi connectivity index (χ0) is 15.9. The summed E-state index contributed by atoms with van der Waals surface area (Å²) in [6, 6.07) is 7.08. The Hall–Kier alpha value is -1.32. The first-order valence-corrected chi connectivity index (χ1v) is 8.40. The minimum atomic E-state index is 0.411. The summed E-state index contributed by atoms with van der Waals surface area (Å²) in [4.78, 5) is 2.59. The zero-order valence-electron chi connectivity index (χ0n) is 14.3. The standard InChI is InChI=1S/C19H30N2O/c1-5-6-7-18(21-12-10-20-11-13-21)17-14-16(15(2)3)8-9-19(17)22-4/h5,8-9,14-15,18,20H,1,6-7,10-13H2,2-4H3/t18-/m0/s1. The lowest BCUT2D eigenvalue weighted by atomic mass is 9.93. The van der Waals surface area contributed by atoms with Crippen molar-refractivity contribution in [3.63, 3.8) is 0 Å². The highest BCUT2D eigenvalue weighted by molar-refractivity contribution is 5.40. The Morgan fingerprint density at radius 1 is 1.32 bits per heavy atom. The second-order valence-electron chi connectivity index (χ2n) is 6.32. The molecule has 0 aliphatic carbocycles. The number of hydrogen-bond donors (Lipinski definition) is 1. The van der Waals surface area contributed by atoms with E-state index < -0.39 is 0 Å². The summed E-state index contributed by atoms with van der Waals surface area (Å²) in [7, 11) is 1.77. The molecule has 1 atom stereocenters. The maximum absolute atomic E-state index is 5.66. The minimum absolute atomic E-state index is 0.411. The van der Waals surface area contributed by atoms with Crippen LogP contribution in [0.25, 0.3) is 0 Å². The van der Waals surface area contributed by atoms with E-state index in [1.54, 1.807) is 7.11 Å². The van der Waals surface area contributed by atoms with Crippen LogP contribution in [0.3, 0.4) is 0 Å². The van der Waals surface area contributed by atoms with Gasteiger partial charge in [-0.15, -0.1) is 6.58 Å². The summed E-state index contributed by atoms with van der Waals surface area (Å²) < 4.78 is 5.66. The van der Waals surface area contributed by atoms with Crippen LogP contribution in [-0.2, 0) is 0 Å². The van der Waals surface area contributed by atoms with E-state index in [4.69, 9.17) is 4.74 Å². The smallest absolute Gasteiger partial charge is 0.123 e. The van der Waals surface area contributed by atoms with Gasteiger partial charge in [0.1, 0.15) is 5.75 Å². The van der Waals surface area contributed by atoms with Crippen LogP contribution in [0.5, 0.6) is 5.75 Å². The number of nitrogens with one attached hydrogen (secondary N) is 1. The third kappa shape index (κ3) is 4.11. The minimum Gasteiger partial charge on any atom is -0.496 e. The SMILES string of the molecule is C=CCC[C@@H](c1cc(C(C)C)ccc1OC)N1CCNCC1. The van der Waals surface area contributed by atoms with Gasteiger partial charge in [0.2, 0.25) is 0 Å². The van der Waals surface area contributed by atoms with Gasteiger partial charge in [0.05, 0.1) is 7.11 Å². The van der Waals surface area contributed by atoms with Crippen molar-refractivity contribution < 1.29 is 4.74 Å². The molecular weight excluding hydrogens is 272 g/mol. The third-order valence-corrected chi connectivity index (χ3v) is 4.52. The van der Waals surface area contributed by atoms with Crippen molar-refractivity contribution in [2.45, 2.75) is 38.6 Å². The molecule has 1 aliphatic heterocycles. The van der Waals surface area contributed by atoms with Gasteiger partial charge in [-0.1, -0.05) is 32.1 Å².